The Kier molecular flexibility index (Phi) is 2.83. The van der Waals surface area contributed by atoms with Crippen LogP contribution in [0.2, 0.25) is 5.28 Å². The number of hydrogen-bond donors (Lipinski definition) is 1. The number of rotatable bonds is 3. The van der Waals surface area contributed by atoms with Gasteiger partial charge in [-0.15, -0.1) is 0 Å². The zero-order valence-corrected chi connectivity index (χ0v) is 11.1. The van der Waals surface area contributed by atoms with Crippen LogP contribution in [0, 0.1) is 0 Å². The van der Waals surface area contributed by atoms with Gasteiger partial charge in [0.25, 0.3) is 0 Å². The largest absolute Gasteiger partial charge is 0.435 e. The maximum absolute atomic E-state index is 5.83. The number of nitrogens with zero attached hydrogens (tertiary/aromatic N) is 5. The number of nitrogens with one attached hydrogen (secondary N) is 1. The van der Waals surface area contributed by atoms with Crippen molar-refractivity contribution in [1.29, 1.82) is 0 Å². The predicted octanol–water partition coefficient (Wildman–Crippen LogP) is 2.58. The molecule has 0 bridgehead atoms. The first-order valence-electron chi connectivity index (χ1n) is 5.72. The fourth-order valence-electron chi connectivity index (χ4n) is 1.63. The van der Waals surface area contributed by atoms with E-state index >= 15 is 0 Å². The predicted molar refractivity (Wildman–Crippen MR) is 69.4 cm³/mol. The molecule has 3 rings (SSSR count). The minimum absolute atomic E-state index is 0.100. The van der Waals surface area contributed by atoms with Gasteiger partial charge in [0.2, 0.25) is 11.2 Å². The van der Waals surface area contributed by atoms with Crippen molar-refractivity contribution in [2.24, 2.45) is 0 Å². The van der Waals surface area contributed by atoms with Crippen LogP contribution < -0.4 is 4.74 Å². The third-order valence-corrected chi connectivity index (χ3v) is 2.74. The molecule has 7 nitrogen and oxygen atoms in total. The Morgan fingerprint density at radius 3 is 2.89 bits per heavy atom. The van der Waals surface area contributed by atoms with Crippen LogP contribution in [0.1, 0.15) is 19.9 Å². The van der Waals surface area contributed by atoms with Gasteiger partial charge in [-0.2, -0.15) is 20.2 Å². The van der Waals surface area contributed by atoms with Gasteiger partial charge in [0.1, 0.15) is 5.39 Å². The average Bonchev–Trinajstić information content (AvgIpc) is 2.96. The van der Waals surface area contributed by atoms with Crippen molar-refractivity contribution in [3.05, 3.63) is 23.9 Å². The minimum atomic E-state index is 0.100. The molecule has 8 heteroatoms. The number of aromatic nitrogens is 6. The van der Waals surface area contributed by atoms with Crippen LogP contribution in [0.25, 0.3) is 11.0 Å². The second kappa shape index (κ2) is 4.51. The first-order chi connectivity index (χ1) is 9.13. The van der Waals surface area contributed by atoms with Crippen LogP contribution >= 0.6 is 11.6 Å². The maximum atomic E-state index is 5.83. The van der Waals surface area contributed by atoms with Crippen LogP contribution in [-0.2, 0) is 0 Å². The van der Waals surface area contributed by atoms with Crippen molar-refractivity contribution in [3.63, 3.8) is 0 Å². The molecule has 98 valence electrons. The normalized spacial score (nSPS) is 11.4. The SMILES string of the molecule is CC(C)n1cc(Oc2nc(Cl)nc3[nH]ncc23)cn1. The average molecular weight is 279 g/mol. The van der Waals surface area contributed by atoms with Crippen LogP contribution in [0.5, 0.6) is 11.6 Å². The van der Waals surface area contributed by atoms with E-state index in [9.17, 15) is 0 Å². The molecule has 0 unspecified atom stereocenters. The van der Waals surface area contributed by atoms with Crippen LogP contribution in [-0.4, -0.2) is 29.9 Å². The van der Waals surface area contributed by atoms with E-state index in [1.54, 1.807) is 23.3 Å². The molecular formula is C11H11ClN6O. The highest BCUT2D eigenvalue weighted by Gasteiger charge is 2.12. The van der Waals surface area contributed by atoms with E-state index in [1.807, 2.05) is 13.8 Å². The molecule has 0 atom stereocenters. The van der Waals surface area contributed by atoms with E-state index in [-0.39, 0.29) is 11.3 Å². The third-order valence-electron chi connectivity index (χ3n) is 2.57. The molecule has 1 N–H and O–H groups in total. The number of aromatic amines is 1. The Balaban J connectivity index is 1.97. The second-order valence-corrected chi connectivity index (χ2v) is 4.62. The van der Waals surface area contributed by atoms with Crippen molar-refractivity contribution in [3.8, 4) is 11.6 Å². The van der Waals surface area contributed by atoms with Crippen molar-refractivity contribution < 1.29 is 4.74 Å². The third kappa shape index (κ3) is 2.24. The zero-order chi connectivity index (χ0) is 13.4. The monoisotopic (exact) mass is 278 g/mol. The highest BCUT2D eigenvalue weighted by atomic mass is 35.5. The number of halogens is 1. The molecule has 0 amide bonds. The summed E-state index contributed by atoms with van der Waals surface area (Å²) in [5.41, 5.74) is 0.534. The molecule has 3 aromatic heterocycles. The molecule has 3 heterocycles. The van der Waals surface area contributed by atoms with E-state index in [0.717, 1.165) is 0 Å². The lowest BCUT2D eigenvalue weighted by Crippen LogP contribution is -1.99. The highest BCUT2D eigenvalue weighted by molar-refractivity contribution is 6.28. The van der Waals surface area contributed by atoms with E-state index in [0.29, 0.717) is 22.7 Å². The van der Waals surface area contributed by atoms with E-state index < -0.39 is 0 Å². The number of H-pyrrole nitrogens is 1. The highest BCUT2D eigenvalue weighted by Crippen LogP contribution is 2.27. The van der Waals surface area contributed by atoms with Crippen LogP contribution in [0.15, 0.2) is 18.6 Å². The fourth-order valence-corrected chi connectivity index (χ4v) is 1.79. The van der Waals surface area contributed by atoms with Gasteiger partial charge in [-0.05, 0) is 25.4 Å². The summed E-state index contributed by atoms with van der Waals surface area (Å²) in [6.45, 7) is 4.07. The summed E-state index contributed by atoms with van der Waals surface area (Å²) in [5.74, 6) is 0.943. The van der Waals surface area contributed by atoms with Crippen molar-refractivity contribution in [2.75, 3.05) is 0 Å². The van der Waals surface area contributed by atoms with Gasteiger partial charge in [-0.3, -0.25) is 9.78 Å². The van der Waals surface area contributed by atoms with Gasteiger partial charge in [-0.1, -0.05) is 0 Å². The minimum Gasteiger partial charge on any atom is -0.435 e. The lowest BCUT2D eigenvalue weighted by molar-refractivity contribution is 0.464. The van der Waals surface area contributed by atoms with E-state index in [2.05, 4.69) is 25.3 Å². The molecule has 0 spiro atoms. The number of fused-ring (bicyclic) bond motifs is 1. The summed E-state index contributed by atoms with van der Waals surface area (Å²) in [5, 5.41) is 11.6. The van der Waals surface area contributed by atoms with Gasteiger partial charge in [0.05, 0.1) is 18.6 Å². The Morgan fingerprint density at radius 1 is 1.32 bits per heavy atom. The molecule has 19 heavy (non-hydrogen) atoms. The summed E-state index contributed by atoms with van der Waals surface area (Å²) >= 11 is 5.83. The zero-order valence-electron chi connectivity index (χ0n) is 10.3. The van der Waals surface area contributed by atoms with Crippen molar-refractivity contribution >= 4 is 22.6 Å². The van der Waals surface area contributed by atoms with Crippen LogP contribution in [0.3, 0.4) is 0 Å². The molecule has 3 aromatic rings. The summed E-state index contributed by atoms with van der Waals surface area (Å²) in [6.07, 6.45) is 5.02. The van der Waals surface area contributed by atoms with E-state index in [4.69, 9.17) is 16.3 Å². The molecular weight excluding hydrogens is 268 g/mol. The number of hydrogen-bond acceptors (Lipinski definition) is 5. The maximum Gasteiger partial charge on any atom is 0.234 e. The molecule has 0 aliphatic heterocycles. The summed E-state index contributed by atoms with van der Waals surface area (Å²) in [7, 11) is 0. The molecule has 0 aliphatic rings. The van der Waals surface area contributed by atoms with E-state index in [1.165, 1.54) is 0 Å². The smallest absolute Gasteiger partial charge is 0.234 e. The summed E-state index contributed by atoms with van der Waals surface area (Å²) in [6, 6.07) is 0.264. The lowest BCUT2D eigenvalue weighted by Gasteiger charge is -2.04. The Hall–Kier alpha value is -2.15. The van der Waals surface area contributed by atoms with Gasteiger partial charge in [-0.25, -0.2) is 0 Å². The van der Waals surface area contributed by atoms with Gasteiger partial charge < -0.3 is 4.74 Å². The Bertz CT molecular complexity index is 719. The summed E-state index contributed by atoms with van der Waals surface area (Å²) in [4.78, 5) is 8.06. The molecule has 0 saturated heterocycles. The number of ether oxygens (including phenoxy) is 1. The Morgan fingerprint density at radius 2 is 2.16 bits per heavy atom. The molecule has 0 fully saturated rings. The Labute approximate surface area is 113 Å². The molecule has 0 radical (unpaired) electrons. The first kappa shape index (κ1) is 11.9. The van der Waals surface area contributed by atoms with Gasteiger partial charge >= 0.3 is 0 Å². The van der Waals surface area contributed by atoms with Crippen molar-refractivity contribution in [1.82, 2.24) is 29.9 Å². The fraction of sp³-hybridized carbons (Fsp3) is 0.273. The van der Waals surface area contributed by atoms with Crippen LogP contribution in [0.4, 0.5) is 0 Å². The van der Waals surface area contributed by atoms with Gasteiger partial charge in [0.15, 0.2) is 11.4 Å². The molecule has 0 aliphatic carbocycles. The quantitative estimate of drug-likeness (QED) is 0.745. The standard InChI is InChI=1S/C11H11ClN6O/c1-6(2)18-5-7(3-14-18)19-10-8-4-13-17-9(8)15-11(12)16-10/h3-6H,1-2H3,(H,13,15,16,17). The second-order valence-electron chi connectivity index (χ2n) is 4.28. The summed E-state index contributed by atoms with van der Waals surface area (Å²) < 4.78 is 7.48. The first-order valence-corrected chi connectivity index (χ1v) is 6.10. The van der Waals surface area contributed by atoms with Crippen molar-refractivity contribution in [2.45, 2.75) is 19.9 Å². The topological polar surface area (TPSA) is 81.5 Å². The van der Waals surface area contributed by atoms with Gasteiger partial charge in [0, 0.05) is 6.04 Å². The lowest BCUT2D eigenvalue weighted by atomic mass is 10.4. The molecule has 0 saturated carbocycles. The molecule has 0 aromatic carbocycles.